The molecule has 0 unspecified atom stereocenters. The average molecular weight is 289 g/mol. The molecular formula is C17H21ClN2. The lowest BCUT2D eigenvalue weighted by molar-refractivity contribution is 0.866. The summed E-state index contributed by atoms with van der Waals surface area (Å²) >= 11 is 6.35. The van der Waals surface area contributed by atoms with Crippen LogP contribution in [-0.2, 0) is 0 Å². The number of nitrogen functional groups attached to an aromatic ring is 1. The van der Waals surface area contributed by atoms with Crippen molar-refractivity contribution in [2.75, 3.05) is 17.7 Å². The van der Waals surface area contributed by atoms with Crippen LogP contribution in [0, 0.1) is 6.92 Å². The minimum Gasteiger partial charge on any atom is -0.397 e. The van der Waals surface area contributed by atoms with Gasteiger partial charge in [0, 0.05) is 12.7 Å². The number of halogens is 1. The van der Waals surface area contributed by atoms with E-state index < -0.39 is 0 Å². The molecule has 0 aromatic heterocycles. The third-order valence-corrected chi connectivity index (χ3v) is 3.92. The third-order valence-electron chi connectivity index (χ3n) is 3.51. The molecule has 0 radical (unpaired) electrons. The highest BCUT2D eigenvalue weighted by Gasteiger charge is 2.12. The molecule has 0 fully saturated rings. The fraction of sp³-hybridized carbons (Fsp3) is 0.294. The van der Waals surface area contributed by atoms with Crippen LogP contribution in [0.4, 0.5) is 17.1 Å². The van der Waals surface area contributed by atoms with E-state index in [0.29, 0.717) is 16.6 Å². The first kappa shape index (κ1) is 14.7. The molecule has 3 heteroatoms. The van der Waals surface area contributed by atoms with Gasteiger partial charge in [-0.25, -0.2) is 0 Å². The predicted octanol–water partition coefficient (Wildman–Crippen LogP) is 5.12. The molecule has 2 nitrogen and oxygen atoms in total. The zero-order chi connectivity index (χ0) is 14.9. The summed E-state index contributed by atoms with van der Waals surface area (Å²) in [6, 6.07) is 12.5. The molecule has 0 heterocycles. The van der Waals surface area contributed by atoms with E-state index in [-0.39, 0.29) is 0 Å². The molecule has 0 aliphatic carbocycles. The summed E-state index contributed by atoms with van der Waals surface area (Å²) in [5.74, 6) is 0.501. The summed E-state index contributed by atoms with van der Waals surface area (Å²) in [5.41, 5.74) is 11.0. The van der Waals surface area contributed by atoms with Crippen LogP contribution in [0.25, 0.3) is 0 Å². The van der Waals surface area contributed by atoms with Gasteiger partial charge in [-0.15, -0.1) is 0 Å². The van der Waals surface area contributed by atoms with Crippen LogP contribution in [0.15, 0.2) is 36.4 Å². The second-order valence-electron chi connectivity index (χ2n) is 5.50. The second kappa shape index (κ2) is 5.76. The number of hydrogen-bond donors (Lipinski definition) is 1. The summed E-state index contributed by atoms with van der Waals surface area (Å²) in [6.07, 6.45) is 0. The third kappa shape index (κ3) is 2.91. The molecule has 0 atom stereocenters. The van der Waals surface area contributed by atoms with Crippen molar-refractivity contribution in [3.63, 3.8) is 0 Å². The standard InChI is InChI=1S/C17H21ClN2/c1-11(2)13-6-5-7-14(10-13)20(4)16-9-12(3)8-15(19)17(16)18/h5-11H,19H2,1-4H3. The summed E-state index contributed by atoms with van der Waals surface area (Å²) in [7, 11) is 2.01. The number of nitrogens with zero attached hydrogens (tertiary/aromatic N) is 1. The molecule has 20 heavy (non-hydrogen) atoms. The maximum absolute atomic E-state index is 6.35. The van der Waals surface area contributed by atoms with Gasteiger partial charge in [-0.1, -0.05) is 37.6 Å². The van der Waals surface area contributed by atoms with E-state index in [4.69, 9.17) is 17.3 Å². The minimum atomic E-state index is 0.501. The maximum Gasteiger partial charge on any atom is 0.0872 e. The van der Waals surface area contributed by atoms with Crippen LogP contribution in [0.3, 0.4) is 0 Å². The van der Waals surface area contributed by atoms with Crippen molar-refractivity contribution >= 4 is 28.7 Å². The average Bonchev–Trinajstić information content (AvgIpc) is 2.42. The van der Waals surface area contributed by atoms with Gasteiger partial charge in [0.15, 0.2) is 0 Å². The predicted molar refractivity (Wildman–Crippen MR) is 89.2 cm³/mol. The van der Waals surface area contributed by atoms with Crippen LogP contribution < -0.4 is 10.6 Å². The Morgan fingerprint density at radius 1 is 1.15 bits per heavy atom. The Morgan fingerprint density at radius 3 is 2.50 bits per heavy atom. The Kier molecular flexibility index (Phi) is 4.24. The molecule has 0 aliphatic heterocycles. The molecule has 0 amide bonds. The Hall–Kier alpha value is -1.67. The molecule has 2 rings (SSSR count). The van der Waals surface area contributed by atoms with Gasteiger partial charge in [0.25, 0.3) is 0 Å². The molecule has 0 saturated heterocycles. The molecule has 2 aromatic rings. The van der Waals surface area contributed by atoms with Crippen molar-refractivity contribution in [2.24, 2.45) is 0 Å². The maximum atomic E-state index is 6.35. The van der Waals surface area contributed by atoms with E-state index in [0.717, 1.165) is 16.9 Å². The fourth-order valence-corrected chi connectivity index (χ4v) is 2.49. The largest absolute Gasteiger partial charge is 0.397 e. The lowest BCUT2D eigenvalue weighted by Gasteiger charge is -2.23. The Balaban J connectivity index is 2.46. The summed E-state index contributed by atoms with van der Waals surface area (Å²) in [4.78, 5) is 2.08. The second-order valence-corrected chi connectivity index (χ2v) is 5.87. The zero-order valence-electron chi connectivity index (χ0n) is 12.4. The van der Waals surface area contributed by atoms with E-state index in [1.165, 1.54) is 5.56 Å². The smallest absolute Gasteiger partial charge is 0.0872 e. The molecule has 2 aromatic carbocycles. The lowest BCUT2D eigenvalue weighted by Crippen LogP contribution is -2.11. The SMILES string of the molecule is Cc1cc(N)c(Cl)c(N(C)c2cccc(C(C)C)c2)c1. The van der Waals surface area contributed by atoms with Crippen LogP contribution in [0.1, 0.15) is 30.9 Å². The molecule has 0 bridgehead atoms. The molecule has 0 saturated carbocycles. The number of nitrogens with two attached hydrogens (primary N) is 1. The van der Waals surface area contributed by atoms with Crippen molar-refractivity contribution in [3.05, 3.63) is 52.5 Å². The highest BCUT2D eigenvalue weighted by molar-refractivity contribution is 6.36. The van der Waals surface area contributed by atoms with Gasteiger partial charge in [-0.3, -0.25) is 0 Å². The molecule has 0 spiro atoms. The number of rotatable bonds is 3. The van der Waals surface area contributed by atoms with Crippen molar-refractivity contribution in [1.29, 1.82) is 0 Å². The Bertz CT molecular complexity index is 620. The van der Waals surface area contributed by atoms with Crippen LogP contribution >= 0.6 is 11.6 Å². The van der Waals surface area contributed by atoms with Crippen molar-refractivity contribution in [1.82, 2.24) is 0 Å². The van der Waals surface area contributed by atoms with Crippen molar-refractivity contribution in [2.45, 2.75) is 26.7 Å². The van der Waals surface area contributed by atoms with Crippen LogP contribution in [0.2, 0.25) is 5.02 Å². The Morgan fingerprint density at radius 2 is 1.85 bits per heavy atom. The van der Waals surface area contributed by atoms with E-state index >= 15 is 0 Å². The number of anilines is 3. The van der Waals surface area contributed by atoms with Crippen molar-refractivity contribution < 1.29 is 0 Å². The zero-order valence-corrected chi connectivity index (χ0v) is 13.2. The number of benzene rings is 2. The fourth-order valence-electron chi connectivity index (χ4n) is 2.25. The van der Waals surface area contributed by atoms with Crippen LogP contribution in [-0.4, -0.2) is 7.05 Å². The first-order valence-electron chi connectivity index (χ1n) is 6.79. The van der Waals surface area contributed by atoms with Crippen LogP contribution in [0.5, 0.6) is 0 Å². The van der Waals surface area contributed by atoms with Gasteiger partial charge < -0.3 is 10.6 Å². The van der Waals surface area contributed by atoms with Crippen molar-refractivity contribution in [3.8, 4) is 0 Å². The topological polar surface area (TPSA) is 29.3 Å². The minimum absolute atomic E-state index is 0.501. The Labute approximate surface area is 126 Å². The number of aryl methyl sites for hydroxylation is 1. The summed E-state index contributed by atoms with van der Waals surface area (Å²) in [6.45, 7) is 6.40. The molecule has 0 aliphatic rings. The van der Waals surface area contributed by atoms with Gasteiger partial charge in [-0.2, -0.15) is 0 Å². The molecular weight excluding hydrogens is 268 g/mol. The van der Waals surface area contributed by atoms with Gasteiger partial charge >= 0.3 is 0 Å². The van der Waals surface area contributed by atoms with E-state index in [9.17, 15) is 0 Å². The number of hydrogen-bond acceptors (Lipinski definition) is 2. The lowest BCUT2D eigenvalue weighted by atomic mass is 10.0. The molecule has 106 valence electrons. The quantitative estimate of drug-likeness (QED) is 0.794. The molecule has 2 N–H and O–H groups in total. The first-order chi connectivity index (χ1) is 9.40. The monoisotopic (exact) mass is 288 g/mol. The van der Waals surface area contributed by atoms with E-state index in [1.54, 1.807) is 0 Å². The normalized spacial score (nSPS) is 10.9. The van der Waals surface area contributed by atoms with Gasteiger partial charge in [0.1, 0.15) is 0 Å². The summed E-state index contributed by atoms with van der Waals surface area (Å²) < 4.78 is 0. The van der Waals surface area contributed by atoms with E-state index in [2.05, 4.69) is 49.1 Å². The summed E-state index contributed by atoms with van der Waals surface area (Å²) in [5, 5.41) is 0.605. The van der Waals surface area contributed by atoms with E-state index in [1.807, 2.05) is 20.0 Å². The van der Waals surface area contributed by atoms with Gasteiger partial charge in [0.05, 0.1) is 16.4 Å². The highest BCUT2D eigenvalue weighted by atomic mass is 35.5. The highest BCUT2D eigenvalue weighted by Crippen LogP contribution is 2.36. The van der Waals surface area contributed by atoms with Gasteiger partial charge in [0.2, 0.25) is 0 Å². The first-order valence-corrected chi connectivity index (χ1v) is 7.17. The van der Waals surface area contributed by atoms with Gasteiger partial charge in [-0.05, 0) is 48.2 Å².